The van der Waals surface area contributed by atoms with Gasteiger partial charge in [0.05, 0.1) is 4.92 Å². The van der Waals surface area contributed by atoms with Gasteiger partial charge in [0.15, 0.2) is 4.90 Å². The molecule has 0 bridgehead atoms. The fraction of sp³-hybridized carbons (Fsp3) is 0.222. The average molecular weight is 274 g/mol. The van der Waals surface area contributed by atoms with E-state index < -0.39 is 37.5 Å². The van der Waals surface area contributed by atoms with Crippen LogP contribution in [-0.4, -0.2) is 30.5 Å². The minimum Gasteiger partial charge on any atom is -0.480 e. The Morgan fingerprint density at radius 1 is 1.44 bits per heavy atom. The van der Waals surface area contributed by atoms with E-state index in [1.54, 1.807) is 0 Å². The van der Waals surface area contributed by atoms with Crippen molar-refractivity contribution < 1.29 is 23.2 Å². The summed E-state index contributed by atoms with van der Waals surface area (Å²) in [6.45, 7) is 1.12. The molecule has 0 aliphatic heterocycles. The van der Waals surface area contributed by atoms with Crippen molar-refractivity contribution in [2.24, 2.45) is 0 Å². The first-order valence-corrected chi connectivity index (χ1v) is 6.22. The first-order chi connectivity index (χ1) is 8.25. The summed E-state index contributed by atoms with van der Waals surface area (Å²) in [4.78, 5) is 19.8. The van der Waals surface area contributed by atoms with Crippen LogP contribution in [0, 0.1) is 10.1 Å². The molecule has 0 spiro atoms. The minimum atomic E-state index is -4.25. The van der Waals surface area contributed by atoms with Crippen molar-refractivity contribution in [1.82, 2.24) is 4.72 Å². The number of carboxylic acids is 1. The second-order valence-corrected chi connectivity index (χ2v) is 5.09. The maximum atomic E-state index is 11.8. The highest BCUT2D eigenvalue weighted by Gasteiger charge is 2.28. The van der Waals surface area contributed by atoms with E-state index in [1.165, 1.54) is 12.1 Å². The number of nitrogens with zero attached hydrogens (tertiary/aromatic N) is 1. The topological polar surface area (TPSA) is 127 Å². The summed E-state index contributed by atoms with van der Waals surface area (Å²) in [7, 11) is -4.25. The van der Waals surface area contributed by atoms with Crippen molar-refractivity contribution in [2.45, 2.75) is 17.9 Å². The number of rotatable bonds is 5. The maximum Gasteiger partial charge on any atom is 0.321 e. The quantitative estimate of drug-likeness (QED) is 0.589. The van der Waals surface area contributed by atoms with E-state index in [2.05, 4.69) is 0 Å². The second-order valence-electron chi connectivity index (χ2n) is 3.41. The molecule has 0 saturated carbocycles. The van der Waals surface area contributed by atoms with Gasteiger partial charge in [0.2, 0.25) is 10.0 Å². The van der Waals surface area contributed by atoms with Gasteiger partial charge >= 0.3 is 5.97 Å². The Balaban J connectivity index is 3.21. The Morgan fingerprint density at radius 3 is 2.50 bits per heavy atom. The smallest absolute Gasteiger partial charge is 0.321 e. The second kappa shape index (κ2) is 5.10. The van der Waals surface area contributed by atoms with Crippen LogP contribution in [0.15, 0.2) is 29.2 Å². The highest BCUT2D eigenvalue weighted by molar-refractivity contribution is 7.89. The van der Waals surface area contributed by atoms with Crippen LogP contribution in [0.2, 0.25) is 0 Å². The average Bonchev–Trinajstić information content (AvgIpc) is 2.28. The van der Waals surface area contributed by atoms with Gasteiger partial charge < -0.3 is 5.11 Å². The summed E-state index contributed by atoms with van der Waals surface area (Å²) < 4.78 is 25.4. The summed E-state index contributed by atoms with van der Waals surface area (Å²) in [5.41, 5.74) is -0.609. The van der Waals surface area contributed by atoms with Gasteiger partial charge in [0.1, 0.15) is 6.04 Å². The number of carboxylic acid groups (broad SMARTS) is 1. The van der Waals surface area contributed by atoms with Gasteiger partial charge in [-0.2, -0.15) is 4.72 Å². The number of benzene rings is 1. The molecule has 98 valence electrons. The Hall–Kier alpha value is -2.00. The first kappa shape index (κ1) is 14.1. The summed E-state index contributed by atoms with van der Waals surface area (Å²) in [6.07, 6.45) is 0. The van der Waals surface area contributed by atoms with Gasteiger partial charge in [-0.15, -0.1) is 0 Å². The Morgan fingerprint density at radius 2 is 2.00 bits per heavy atom. The van der Waals surface area contributed by atoms with Crippen molar-refractivity contribution in [1.29, 1.82) is 0 Å². The van der Waals surface area contributed by atoms with E-state index in [0.29, 0.717) is 0 Å². The number of hydrogen-bond acceptors (Lipinski definition) is 5. The van der Waals surface area contributed by atoms with Crippen molar-refractivity contribution in [2.75, 3.05) is 0 Å². The van der Waals surface area contributed by atoms with Crippen molar-refractivity contribution in [3.8, 4) is 0 Å². The fourth-order valence-corrected chi connectivity index (χ4v) is 2.55. The van der Waals surface area contributed by atoms with E-state index in [0.717, 1.165) is 19.1 Å². The lowest BCUT2D eigenvalue weighted by atomic mass is 10.3. The van der Waals surface area contributed by atoms with Gasteiger partial charge in [0, 0.05) is 6.07 Å². The van der Waals surface area contributed by atoms with Crippen molar-refractivity contribution in [3.05, 3.63) is 34.4 Å². The molecule has 2 N–H and O–H groups in total. The highest BCUT2D eigenvalue weighted by Crippen LogP contribution is 2.22. The molecule has 0 saturated heterocycles. The van der Waals surface area contributed by atoms with E-state index >= 15 is 0 Å². The lowest BCUT2D eigenvalue weighted by molar-refractivity contribution is -0.387. The van der Waals surface area contributed by atoms with Crippen LogP contribution >= 0.6 is 0 Å². The lowest BCUT2D eigenvalue weighted by Crippen LogP contribution is -2.38. The molecule has 18 heavy (non-hydrogen) atoms. The maximum absolute atomic E-state index is 11.8. The third-order valence-corrected chi connectivity index (χ3v) is 3.64. The molecular weight excluding hydrogens is 264 g/mol. The molecule has 0 amide bonds. The molecule has 0 aliphatic carbocycles. The number of nitrogens with one attached hydrogen (secondary N) is 1. The van der Waals surface area contributed by atoms with E-state index in [-0.39, 0.29) is 0 Å². The van der Waals surface area contributed by atoms with Crippen LogP contribution < -0.4 is 4.72 Å². The zero-order valence-electron chi connectivity index (χ0n) is 9.23. The molecule has 0 heterocycles. The number of sulfonamides is 1. The largest absolute Gasteiger partial charge is 0.480 e. The van der Waals surface area contributed by atoms with E-state index in [1.807, 2.05) is 4.72 Å². The van der Waals surface area contributed by atoms with Gasteiger partial charge in [-0.25, -0.2) is 8.42 Å². The van der Waals surface area contributed by atoms with E-state index in [9.17, 15) is 23.3 Å². The molecule has 1 aromatic rings. The molecular formula is C9H10N2O6S. The lowest BCUT2D eigenvalue weighted by Gasteiger charge is -2.10. The van der Waals surface area contributed by atoms with E-state index in [4.69, 9.17) is 5.11 Å². The van der Waals surface area contributed by atoms with Crippen LogP contribution in [0.25, 0.3) is 0 Å². The zero-order valence-corrected chi connectivity index (χ0v) is 10.0. The first-order valence-electron chi connectivity index (χ1n) is 4.74. The van der Waals surface area contributed by atoms with Crippen LogP contribution in [0.3, 0.4) is 0 Å². The van der Waals surface area contributed by atoms with Gasteiger partial charge in [-0.3, -0.25) is 14.9 Å². The number of nitro groups is 1. The monoisotopic (exact) mass is 274 g/mol. The molecule has 1 aromatic carbocycles. The molecule has 0 radical (unpaired) electrons. The molecule has 0 aromatic heterocycles. The minimum absolute atomic E-state index is 0.567. The standard InChI is InChI=1S/C9H10N2O6S/c1-6(9(12)13)10-18(16,17)8-5-3-2-4-7(8)11(14)15/h2-6,10H,1H3,(H,12,13). The number of hydrogen-bond donors (Lipinski definition) is 2. The summed E-state index contributed by atoms with van der Waals surface area (Å²) in [5.74, 6) is -1.38. The number of carbonyl (C=O) groups is 1. The summed E-state index contributed by atoms with van der Waals surface area (Å²) in [6, 6.07) is 3.31. The van der Waals surface area contributed by atoms with Gasteiger partial charge in [0.25, 0.3) is 5.69 Å². The number of aliphatic carboxylic acids is 1. The van der Waals surface area contributed by atoms with Crippen LogP contribution in [0.4, 0.5) is 5.69 Å². The van der Waals surface area contributed by atoms with Gasteiger partial charge in [-0.1, -0.05) is 12.1 Å². The molecule has 0 fully saturated rings. The molecule has 0 aliphatic rings. The van der Waals surface area contributed by atoms with Crippen LogP contribution in [0.1, 0.15) is 6.92 Å². The molecule has 1 atom stereocenters. The number of para-hydroxylation sites is 1. The summed E-state index contributed by atoms with van der Waals surface area (Å²) >= 11 is 0. The third kappa shape index (κ3) is 3.02. The SMILES string of the molecule is CC(NS(=O)(=O)c1ccccc1[N+](=O)[O-])C(=O)O. The third-order valence-electron chi connectivity index (χ3n) is 2.05. The molecule has 9 heteroatoms. The van der Waals surface area contributed by atoms with Crippen molar-refractivity contribution >= 4 is 21.7 Å². The normalized spacial score (nSPS) is 12.9. The van der Waals surface area contributed by atoms with Crippen LogP contribution in [-0.2, 0) is 14.8 Å². The Bertz CT molecular complexity index is 582. The molecule has 1 unspecified atom stereocenters. The van der Waals surface area contributed by atoms with Crippen LogP contribution in [0.5, 0.6) is 0 Å². The Kier molecular flexibility index (Phi) is 3.99. The number of nitro benzene ring substituents is 1. The molecule has 8 nitrogen and oxygen atoms in total. The summed E-state index contributed by atoms with van der Waals surface area (Å²) in [5, 5.41) is 19.3. The van der Waals surface area contributed by atoms with Gasteiger partial charge in [-0.05, 0) is 13.0 Å². The molecule has 1 rings (SSSR count). The fourth-order valence-electron chi connectivity index (χ4n) is 1.18. The predicted molar refractivity (Wildman–Crippen MR) is 60.5 cm³/mol. The van der Waals surface area contributed by atoms with Crippen molar-refractivity contribution in [3.63, 3.8) is 0 Å². The predicted octanol–water partition coefficient (Wildman–Crippen LogP) is 0.346. The highest BCUT2D eigenvalue weighted by atomic mass is 32.2. The zero-order chi connectivity index (χ0) is 13.9. The Labute approximate surface area is 102 Å².